The zero-order valence-electron chi connectivity index (χ0n) is 41.7. The van der Waals surface area contributed by atoms with Gasteiger partial charge in [0, 0.05) is 74.2 Å². The van der Waals surface area contributed by atoms with Gasteiger partial charge in [-0.3, -0.25) is 20.2 Å². The van der Waals surface area contributed by atoms with Crippen LogP contribution in [-0.2, 0) is 4.79 Å². The van der Waals surface area contributed by atoms with Gasteiger partial charge in [0.2, 0.25) is 0 Å². The number of nitro groups is 2. The second-order valence-corrected chi connectivity index (χ2v) is 17.9. The number of nitrogens with zero attached hydrogens (tertiary/aromatic N) is 9. The summed E-state index contributed by atoms with van der Waals surface area (Å²) in [5.41, 5.74) is 5.69. The van der Waals surface area contributed by atoms with Gasteiger partial charge in [-0.2, -0.15) is 15.5 Å². The van der Waals surface area contributed by atoms with Gasteiger partial charge in [-0.15, -0.1) is 10.2 Å². The summed E-state index contributed by atoms with van der Waals surface area (Å²) in [5, 5.41) is 59.0. The van der Waals surface area contributed by atoms with Gasteiger partial charge in [-0.05, 0) is 86.3 Å². The first-order valence-corrected chi connectivity index (χ1v) is 25.0. The molecule has 0 aliphatic heterocycles. The normalized spacial score (nSPS) is 10.9. The van der Waals surface area contributed by atoms with E-state index in [0.717, 1.165) is 54.9 Å². The zero-order valence-corrected chi connectivity index (χ0v) is 45.2. The van der Waals surface area contributed by atoms with Crippen LogP contribution in [0.5, 0.6) is 0 Å². The number of rotatable bonds is 31. The van der Waals surface area contributed by atoms with Gasteiger partial charge < -0.3 is 19.7 Å². The molecule has 0 aliphatic rings. The summed E-state index contributed by atoms with van der Waals surface area (Å²) in [4.78, 5) is 36.1. The number of carboxylic acids is 1. The summed E-state index contributed by atoms with van der Waals surface area (Å²) in [6.07, 6.45) is 20.3. The molecule has 0 amide bonds. The molecular formula is C52H68Cl2N9NaO6. The Morgan fingerprint density at radius 3 is 1.26 bits per heavy atom. The topological polar surface area (TPSA) is 206 Å². The maximum atomic E-state index is 11.1. The number of aryl methyl sites for hydroxylation is 2. The van der Waals surface area contributed by atoms with Crippen molar-refractivity contribution in [2.24, 2.45) is 20.5 Å². The van der Waals surface area contributed by atoms with E-state index >= 15 is 0 Å². The number of halogens is 2. The smallest absolute Gasteiger partial charge is 0.550 e. The van der Waals surface area contributed by atoms with E-state index in [1.165, 1.54) is 120 Å². The first-order chi connectivity index (χ1) is 33.3. The molecule has 4 rings (SSSR count). The number of anilines is 2. The van der Waals surface area contributed by atoms with Gasteiger partial charge in [-0.1, -0.05) is 127 Å². The third kappa shape index (κ3) is 23.3. The van der Waals surface area contributed by atoms with E-state index in [1.807, 2.05) is 44.2 Å². The van der Waals surface area contributed by atoms with E-state index in [-0.39, 0.29) is 57.4 Å². The number of benzene rings is 4. The summed E-state index contributed by atoms with van der Waals surface area (Å²) in [6, 6.07) is 22.0. The summed E-state index contributed by atoms with van der Waals surface area (Å²) >= 11 is 12.2. The van der Waals surface area contributed by atoms with Crippen LogP contribution >= 0.6 is 23.2 Å². The molecule has 0 fully saturated rings. The van der Waals surface area contributed by atoms with Gasteiger partial charge in [0.05, 0.1) is 43.8 Å². The first kappa shape index (κ1) is 61.1. The number of non-ortho nitro benzene ring substituents is 2. The third-order valence-electron chi connectivity index (χ3n) is 11.5. The SMILES string of the molecule is CCCCCCCCCCN(CCC#N)c1ccc(N=Nc2ccc([N+](=O)[O-])cc2Cl)c(C)c1.CCCCCCCCCCN(CCC(=O)[O-])c1ccc(N=Nc2ccc([N+](=O)[O-])cc2Cl)c(C)c1.[Na+]. The fraction of sp³-hybridized carbons (Fsp3) is 0.500. The van der Waals surface area contributed by atoms with Gasteiger partial charge in [0.15, 0.2) is 0 Å². The number of carbonyl (C=O) groups is 1. The number of azo groups is 2. The van der Waals surface area contributed by atoms with E-state index < -0.39 is 15.8 Å². The molecule has 0 saturated carbocycles. The van der Waals surface area contributed by atoms with Crippen molar-refractivity contribution in [3.8, 4) is 6.07 Å². The second-order valence-electron chi connectivity index (χ2n) is 17.1. The molecule has 4 aromatic rings. The maximum absolute atomic E-state index is 11.1. The van der Waals surface area contributed by atoms with E-state index in [1.54, 1.807) is 0 Å². The van der Waals surface area contributed by atoms with Crippen LogP contribution in [0, 0.1) is 45.4 Å². The Balaban J connectivity index is 0.000000474. The molecule has 0 saturated heterocycles. The third-order valence-corrected chi connectivity index (χ3v) is 12.2. The average Bonchev–Trinajstić information content (AvgIpc) is 3.32. The Labute approximate surface area is 446 Å². The predicted octanol–water partition coefficient (Wildman–Crippen LogP) is 12.9. The minimum atomic E-state index is -1.06. The minimum absolute atomic E-state index is 0. The van der Waals surface area contributed by atoms with Crippen molar-refractivity contribution in [1.29, 1.82) is 5.26 Å². The Kier molecular flexibility index (Phi) is 30.7. The summed E-state index contributed by atoms with van der Waals surface area (Å²) in [7, 11) is 0. The molecule has 0 radical (unpaired) electrons. The predicted molar refractivity (Wildman–Crippen MR) is 276 cm³/mol. The van der Waals surface area contributed by atoms with Gasteiger partial charge in [0.25, 0.3) is 11.4 Å². The maximum Gasteiger partial charge on any atom is 1.00 e. The number of nitriles is 1. The molecule has 372 valence electrons. The summed E-state index contributed by atoms with van der Waals surface area (Å²) in [6.45, 7) is 11.1. The molecule has 0 unspecified atom stereocenters. The van der Waals surface area contributed by atoms with Crippen molar-refractivity contribution in [1.82, 2.24) is 0 Å². The number of carboxylic acid groups (broad SMARTS) is 1. The molecule has 0 N–H and O–H groups in total. The van der Waals surface area contributed by atoms with Crippen molar-refractivity contribution in [2.45, 2.75) is 143 Å². The van der Waals surface area contributed by atoms with Crippen LogP contribution < -0.4 is 44.5 Å². The molecule has 0 heterocycles. The van der Waals surface area contributed by atoms with Gasteiger partial charge in [0.1, 0.15) is 11.4 Å². The molecule has 0 bridgehead atoms. The van der Waals surface area contributed by atoms with E-state index in [0.29, 0.717) is 42.3 Å². The molecular weight excluding hydrogens is 941 g/mol. The first-order valence-electron chi connectivity index (χ1n) is 24.3. The van der Waals surface area contributed by atoms with Crippen LogP contribution in [0.4, 0.5) is 45.5 Å². The number of aliphatic carboxylic acids is 1. The summed E-state index contributed by atoms with van der Waals surface area (Å²) < 4.78 is 0. The van der Waals surface area contributed by atoms with E-state index in [2.05, 4.69) is 56.2 Å². The molecule has 4 aromatic carbocycles. The molecule has 0 spiro atoms. The van der Waals surface area contributed by atoms with E-state index in [9.17, 15) is 30.1 Å². The van der Waals surface area contributed by atoms with Crippen molar-refractivity contribution in [2.75, 3.05) is 36.0 Å². The minimum Gasteiger partial charge on any atom is -0.550 e. The van der Waals surface area contributed by atoms with Crippen LogP contribution in [0.3, 0.4) is 0 Å². The number of unbranched alkanes of at least 4 members (excludes halogenated alkanes) is 14. The van der Waals surface area contributed by atoms with Crippen LogP contribution in [0.15, 0.2) is 93.3 Å². The molecule has 0 aromatic heterocycles. The quantitative estimate of drug-likeness (QED) is 0.0154. The monoisotopic (exact) mass is 1010 g/mol. The number of nitro benzene ring substituents is 2. The van der Waals surface area contributed by atoms with Crippen LogP contribution in [0.2, 0.25) is 10.0 Å². The Morgan fingerprint density at radius 1 is 0.557 bits per heavy atom. The Morgan fingerprint density at radius 2 is 0.914 bits per heavy atom. The molecule has 15 nitrogen and oxygen atoms in total. The Bertz CT molecular complexity index is 2350. The largest absolute Gasteiger partial charge is 1.00 e. The molecule has 0 atom stereocenters. The van der Waals surface area contributed by atoms with Crippen molar-refractivity contribution >= 4 is 74.7 Å². The second kappa shape index (κ2) is 35.2. The number of carbonyl (C=O) groups excluding carboxylic acids is 1. The fourth-order valence-corrected chi connectivity index (χ4v) is 7.94. The molecule has 0 aliphatic carbocycles. The van der Waals surface area contributed by atoms with Crippen molar-refractivity contribution < 1.29 is 49.3 Å². The number of hydrogen-bond acceptors (Lipinski definition) is 13. The van der Waals surface area contributed by atoms with Crippen LogP contribution in [0.1, 0.15) is 141 Å². The summed E-state index contributed by atoms with van der Waals surface area (Å²) in [5.74, 6) is -1.06. The number of hydrogen-bond donors (Lipinski definition) is 0. The van der Waals surface area contributed by atoms with Crippen LogP contribution in [0.25, 0.3) is 0 Å². The molecule has 18 heteroatoms. The molecule has 70 heavy (non-hydrogen) atoms. The van der Waals surface area contributed by atoms with Crippen molar-refractivity contribution in [3.63, 3.8) is 0 Å². The standard InChI is InChI=1S/C26H34ClN5O2.C26H35ClN4O4.Na/c1-3-4-5-6-7-8-9-10-17-31(18-11-16-28)22-12-14-25(21(2)19-22)29-30-26-15-13-23(32(33)34)20-24(26)27;1-3-4-5-6-7-8-9-10-16-30(17-15-26(32)33)21-11-13-24(20(2)18-21)28-29-25-14-12-22(31(34)35)19-23(25)27;/h12-15,19-20H,3-11,17-18H2,1-2H3;11-14,18-19H,3-10,15-17H2,1-2H3,(H,32,33);/q;;+1/p-1. The van der Waals surface area contributed by atoms with E-state index in [4.69, 9.17) is 28.5 Å². The van der Waals surface area contributed by atoms with Gasteiger partial charge >= 0.3 is 29.6 Å². The van der Waals surface area contributed by atoms with Crippen molar-refractivity contribution in [3.05, 3.63) is 114 Å². The zero-order chi connectivity index (χ0) is 50.4. The van der Waals surface area contributed by atoms with Crippen LogP contribution in [-0.4, -0.2) is 42.0 Å². The fourth-order valence-electron chi connectivity index (χ4n) is 7.52. The average molecular weight is 1010 g/mol. The Hall–Kier alpha value is -4.98. The van der Waals surface area contributed by atoms with Gasteiger partial charge in [-0.25, -0.2) is 0 Å².